The van der Waals surface area contributed by atoms with Gasteiger partial charge in [0.1, 0.15) is 5.82 Å². The van der Waals surface area contributed by atoms with Crippen molar-refractivity contribution in [1.29, 1.82) is 0 Å². The van der Waals surface area contributed by atoms with Crippen molar-refractivity contribution in [1.82, 2.24) is 10.6 Å². The Kier molecular flexibility index (Phi) is 4.80. The second-order valence-electron chi connectivity index (χ2n) is 10.8. The molecule has 3 fully saturated rings. The molecule has 1 aromatic rings. The van der Waals surface area contributed by atoms with Crippen molar-refractivity contribution in [3.05, 3.63) is 47.3 Å². The molecule has 0 radical (unpaired) electrons. The average Bonchev–Trinajstić information content (AvgIpc) is 3.04. The van der Waals surface area contributed by atoms with Crippen LogP contribution in [0.25, 0.3) is 0 Å². The summed E-state index contributed by atoms with van der Waals surface area (Å²) in [4.78, 5) is 24.8. The number of amides is 2. The van der Waals surface area contributed by atoms with Gasteiger partial charge < -0.3 is 10.6 Å². The van der Waals surface area contributed by atoms with Gasteiger partial charge in [-0.2, -0.15) is 0 Å². The van der Waals surface area contributed by atoms with E-state index in [9.17, 15) is 14.0 Å². The van der Waals surface area contributed by atoms with E-state index in [1.807, 2.05) is 6.92 Å². The second kappa shape index (κ2) is 7.18. The van der Waals surface area contributed by atoms with Gasteiger partial charge in [0.05, 0.1) is 5.56 Å². The van der Waals surface area contributed by atoms with Crippen LogP contribution in [0.5, 0.6) is 0 Å². The molecule has 166 valence electrons. The lowest BCUT2D eigenvalue weighted by Gasteiger charge is -2.58. The Balaban J connectivity index is 1.36. The van der Waals surface area contributed by atoms with E-state index < -0.39 is 5.82 Å². The molecule has 1 aliphatic heterocycles. The van der Waals surface area contributed by atoms with Crippen LogP contribution < -0.4 is 10.6 Å². The Labute approximate surface area is 184 Å². The zero-order chi connectivity index (χ0) is 22.0. The Morgan fingerprint density at radius 1 is 1.13 bits per heavy atom. The van der Waals surface area contributed by atoms with Crippen LogP contribution in [0.15, 0.2) is 30.4 Å². The molecule has 0 saturated heterocycles. The largest absolute Gasteiger partial charge is 0.349 e. The second-order valence-corrected chi connectivity index (χ2v) is 10.8. The van der Waals surface area contributed by atoms with Crippen molar-refractivity contribution >= 4 is 11.8 Å². The molecule has 4 aliphatic rings. The highest BCUT2D eigenvalue weighted by atomic mass is 19.1. The van der Waals surface area contributed by atoms with Crippen LogP contribution in [-0.2, 0) is 4.79 Å². The first-order valence-electron chi connectivity index (χ1n) is 11.8. The molecule has 5 rings (SSSR count). The summed E-state index contributed by atoms with van der Waals surface area (Å²) >= 11 is 0. The van der Waals surface area contributed by atoms with E-state index in [1.54, 1.807) is 18.2 Å². The van der Waals surface area contributed by atoms with Crippen molar-refractivity contribution in [3.8, 4) is 0 Å². The van der Waals surface area contributed by atoms with Crippen molar-refractivity contribution in [2.45, 2.75) is 71.4 Å². The van der Waals surface area contributed by atoms with E-state index in [0.717, 1.165) is 44.1 Å². The number of hydrogen-bond acceptors (Lipinski definition) is 2. The van der Waals surface area contributed by atoms with E-state index in [0.29, 0.717) is 17.8 Å². The zero-order valence-electron chi connectivity index (χ0n) is 18.7. The zero-order valence-corrected chi connectivity index (χ0v) is 18.7. The highest BCUT2D eigenvalue weighted by Crippen LogP contribution is 2.63. The molecule has 0 bridgehead atoms. The predicted octanol–water partition coefficient (Wildman–Crippen LogP) is 4.53. The fraction of sp³-hybridized carbons (Fsp3) is 0.615. The van der Waals surface area contributed by atoms with Crippen molar-refractivity contribution in [2.75, 3.05) is 0 Å². The number of benzene rings is 1. The summed E-state index contributed by atoms with van der Waals surface area (Å²) in [7, 11) is 0. The average molecular weight is 425 g/mol. The van der Waals surface area contributed by atoms with E-state index in [-0.39, 0.29) is 40.3 Å². The number of carbonyl (C=O) groups is 2. The Morgan fingerprint density at radius 2 is 1.94 bits per heavy atom. The highest BCUT2D eigenvalue weighted by Gasteiger charge is 2.59. The van der Waals surface area contributed by atoms with Crippen LogP contribution in [-0.4, -0.2) is 23.9 Å². The van der Waals surface area contributed by atoms with Gasteiger partial charge in [0.2, 0.25) is 5.91 Å². The lowest BCUT2D eigenvalue weighted by atomic mass is 9.48. The first kappa shape index (κ1) is 20.7. The molecule has 0 spiro atoms. The van der Waals surface area contributed by atoms with E-state index in [4.69, 9.17) is 0 Å². The molecule has 2 unspecified atom stereocenters. The molecule has 2 amide bonds. The number of aryl methyl sites for hydroxylation is 1. The van der Waals surface area contributed by atoms with Gasteiger partial charge in [-0.15, -0.1) is 0 Å². The quantitative estimate of drug-likeness (QED) is 0.733. The number of halogens is 1. The third-order valence-corrected chi connectivity index (χ3v) is 9.36. The molecular formula is C26H33FN2O2. The monoisotopic (exact) mass is 424 g/mol. The van der Waals surface area contributed by atoms with Crippen LogP contribution in [0.1, 0.15) is 68.3 Å². The van der Waals surface area contributed by atoms with Crippen LogP contribution >= 0.6 is 0 Å². The summed E-state index contributed by atoms with van der Waals surface area (Å²) in [6.07, 6.45) is 10.3. The maximum Gasteiger partial charge on any atom is 0.254 e. The first-order valence-corrected chi connectivity index (χ1v) is 11.8. The van der Waals surface area contributed by atoms with Crippen LogP contribution in [0.2, 0.25) is 0 Å². The molecule has 3 aliphatic carbocycles. The maximum absolute atomic E-state index is 14.4. The molecule has 7 atom stereocenters. The van der Waals surface area contributed by atoms with Gasteiger partial charge in [0.25, 0.3) is 5.91 Å². The highest BCUT2D eigenvalue weighted by molar-refractivity contribution is 5.94. The summed E-state index contributed by atoms with van der Waals surface area (Å²) in [5.74, 6) is 1.03. The van der Waals surface area contributed by atoms with Gasteiger partial charge in [-0.3, -0.25) is 9.59 Å². The topological polar surface area (TPSA) is 58.2 Å². The SMILES string of the molecule is Cc1ccc(C(=O)NC2CC[C@H]3[C@@H]4CCC5NC(=O)C=C[C@]5(C)[C@@H]4CC[C@]23C)c(F)c1. The van der Waals surface area contributed by atoms with Crippen LogP contribution in [0.4, 0.5) is 4.39 Å². The lowest BCUT2D eigenvalue weighted by Crippen LogP contribution is -2.60. The fourth-order valence-corrected chi connectivity index (χ4v) is 7.61. The number of rotatable bonds is 2. The number of hydrogen-bond donors (Lipinski definition) is 2. The van der Waals surface area contributed by atoms with Gasteiger partial charge in [-0.1, -0.05) is 26.0 Å². The van der Waals surface area contributed by atoms with Gasteiger partial charge >= 0.3 is 0 Å². The molecule has 4 nitrogen and oxygen atoms in total. The maximum atomic E-state index is 14.4. The number of nitrogens with one attached hydrogen (secondary N) is 2. The minimum absolute atomic E-state index is 0.0184. The predicted molar refractivity (Wildman–Crippen MR) is 118 cm³/mol. The van der Waals surface area contributed by atoms with Gasteiger partial charge in [0.15, 0.2) is 0 Å². The molecular weight excluding hydrogens is 391 g/mol. The van der Waals surface area contributed by atoms with E-state index in [1.165, 1.54) is 6.07 Å². The third-order valence-electron chi connectivity index (χ3n) is 9.36. The number of fused-ring (bicyclic) bond motifs is 5. The third kappa shape index (κ3) is 3.15. The van der Waals surface area contributed by atoms with E-state index >= 15 is 0 Å². The molecule has 3 saturated carbocycles. The molecule has 5 heteroatoms. The smallest absolute Gasteiger partial charge is 0.254 e. The van der Waals surface area contributed by atoms with Crippen LogP contribution in [0.3, 0.4) is 0 Å². The van der Waals surface area contributed by atoms with Crippen molar-refractivity contribution in [3.63, 3.8) is 0 Å². The minimum Gasteiger partial charge on any atom is -0.349 e. The van der Waals surface area contributed by atoms with Crippen molar-refractivity contribution in [2.24, 2.45) is 28.6 Å². The molecule has 1 heterocycles. The summed E-state index contributed by atoms with van der Waals surface area (Å²) < 4.78 is 14.4. The molecule has 2 N–H and O–H groups in total. The number of carbonyl (C=O) groups excluding carboxylic acids is 2. The van der Waals surface area contributed by atoms with Gasteiger partial charge in [0, 0.05) is 17.5 Å². The summed E-state index contributed by atoms with van der Waals surface area (Å²) in [5, 5.41) is 6.42. The van der Waals surface area contributed by atoms with Gasteiger partial charge in [-0.05, 0) is 92.4 Å². The normalized spacial score (nSPS) is 41.0. The van der Waals surface area contributed by atoms with Crippen LogP contribution in [0, 0.1) is 41.3 Å². The van der Waals surface area contributed by atoms with Crippen molar-refractivity contribution < 1.29 is 14.0 Å². The first-order chi connectivity index (χ1) is 14.7. The Hall–Kier alpha value is -2.17. The fourth-order valence-electron chi connectivity index (χ4n) is 7.61. The van der Waals surface area contributed by atoms with Gasteiger partial charge in [-0.25, -0.2) is 4.39 Å². The standard InChI is InChI=1S/C26H33FN2O2/c1-15-4-5-17(20(27)14-15)24(31)29-22-9-7-18-16-6-8-21-26(3,13-11-23(30)28-21)19(16)10-12-25(18,22)2/h4-5,11,13-14,16,18-19,21-22H,6-10,12H2,1-3H3,(H,28,30)(H,29,31)/t16-,18-,19+,21?,22?,25-,26+/m0/s1. The summed E-state index contributed by atoms with van der Waals surface area (Å²) in [6.45, 7) is 6.49. The molecule has 31 heavy (non-hydrogen) atoms. The lowest BCUT2D eigenvalue weighted by molar-refractivity contribution is -0.122. The minimum atomic E-state index is -0.446. The molecule has 0 aromatic heterocycles. The molecule has 1 aromatic carbocycles. The van der Waals surface area contributed by atoms with E-state index in [2.05, 4.69) is 30.6 Å². The summed E-state index contributed by atoms with van der Waals surface area (Å²) in [6, 6.07) is 5.13. The summed E-state index contributed by atoms with van der Waals surface area (Å²) in [5.41, 5.74) is 1.02. The Morgan fingerprint density at radius 3 is 2.71 bits per heavy atom. The Bertz CT molecular complexity index is 959.